The fourth-order valence-electron chi connectivity index (χ4n) is 8.86. The Morgan fingerprint density at radius 3 is 2.02 bits per heavy atom. The number of aryl methyl sites for hydroxylation is 2. The molecule has 5 aromatic rings. The predicted molar refractivity (Wildman–Crippen MR) is 197 cm³/mol. The molecule has 0 fully saturated rings. The fraction of sp³-hybridized carbons (Fsp3) is 0.289. The van der Waals surface area contributed by atoms with Gasteiger partial charge in [0.1, 0.15) is 0 Å². The van der Waals surface area contributed by atoms with Gasteiger partial charge in [-0.25, -0.2) is 0 Å². The van der Waals surface area contributed by atoms with Crippen LogP contribution < -0.4 is 4.90 Å². The van der Waals surface area contributed by atoms with Crippen molar-refractivity contribution in [2.45, 2.75) is 79.6 Å². The van der Waals surface area contributed by atoms with Crippen molar-refractivity contribution >= 4 is 22.1 Å². The van der Waals surface area contributed by atoms with Gasteiger partial charge in [0.05, 0.1) is 5.69 Å². The van der Waals surface area contributed by atoms with E-state index in [0.717, 1.165) is 6.42 Å². The molecule has 0 spiro atoms. The van der Waals surface area contributed by atoms with Gasteiger partial charge in [0.25, 0.3) is 0 Å². The van der Waals surface area contributed by atoms with E-state index in [1.807, 2.05) is 0 Å². The Balaban J connectivity index is 1.43. The van der Waals surface area contributed by atoms with Crippen molar-refractivity contribution in [3.8, 4) is 22.3 Å². The SMILES string of the molecule is CC1=CC(C)=C(N(c2ccc(C)cc2C)c2cc3c(c4ccccc24)-c2cc4c(cc2C3(C)C)-c2ccccc2C4(C)C)CC1C. The molecule has 0 amide bonds. The Labute approximate surface area is 275 Å². The maximum Gasteiger partial charge on any atom is 0.0540 e. The molecule has 5 aromatic carbocycles. The summed E-state index contributed by atoms with van der Waals surface area (Å²) in [5.41, 5.74) is 20.6. The second-order valence-corrected chi connectivity index (χ2v) is 15.4. The topological polar surface area (TPSA) is 3.24 Å². The van der Waals surface area contributed by atoms with Gasteiger partial charge in [-0.1, -0.05) is 112 Å². The minimum absolute atomic E-state index is 0.0311. The van der Waals surface area contributed by atoms with Gasteiger partial charge in [-0.2, -0.15) is 0 Å². The van der Waals surface area contributed by atoms with Crippen LogP contribution >= 0.6 is 0 Å². The molecule has 3 aliphatic rings. The van der Waals surface area contributed by atoms with Crippen LogP contribution in [-0.2, 0) is 10.8 Å². The van der Waals surface area contributed by atoms with E-state index < -0.39 is 0 Å². The summed E-state index contributed by atoms with van der Waals surface area (Å²) in [5.74, 6) is 0.502. The molecule has 46 heavy (non-hydrogen) atoms. The monoisotopic (exact) mass is 599 g/mol. The summed E-state index contributed by atoms with van der Waals surface area (Å²) >= 11 is 0. The number of benzene rings is 5. The Hall–Kier alpha value is -4.36. The van der Waals surface area contributed by atoms with E-state index in [0.29, 0.717) is 5.92 Å². The third-order valence-corrected chi connectivity index (χ3v) is 11.6. The third-order valence-electron chi connectivity index (χ3n) is 11.6. The number of hydrogen-bond donors (Lipinski definition) is 0. The van der Waals surface area contributed by atoms with E-state index in [1.165, 1.54) is 94.6 Å². The summed E-state index contributed by atoms with van der Waals surface area (Å²) in [5, 5.41) is 2.66. The van der Waals surface area contributed by atoms with Gasteiger partial charge in [0.2, 0.25) is 0 Å². The molecular formula is C45H45N. The van der Waals surface area contributed by atoms with E-state index in [1.54, 1.807) is 0 Å². The highest BCUT2D eigenvalue weighted by Crippen LogP contribution is 2.58. The van der Waals surface area contributed by atoms with Crippen LogP contribution in [0.2, 0.25) is 0 Å². The highest BCUT2D eigenvalue weighted by Gasteiger charge is 2.43. The van der Waals surface area contributed by atoms with E-state index in [9.17, 15) is 0 Å². The van der Waals surface area contributed by atoms with Crippen molar-refractivity contribution in [2.75, 3.05) is 4.90 Å². The number of anilines is 2. The van der Waals surface area contributed by atoms with Crippen LogP contribution in [0.25, 0.3) is 33.0 Å². The molecule has 1 atom stereocenters. The number of nitrogens with zero attached hydrogens (tertiary/aromatic N) is 1. The van der Waals surface area contributed by atoms with Crippen LogP contribution in [-0.4, -0.2) is 0 Å². The molecule has 0 saturated heterocycles. The Morgan fingerprint density at radius 1 is 0.609 bits per heavy atom. The first-order valence-electron chi connectivity index (χ1n) is 17.0. The van der Waals surface area contributed by atoms with Crippen molar-refractivity contribution in [3.63, 3.8) is 0 Å². The van der Waals surface area contributed by atoms with E-state index in [2.05, 4.69) is 158 Å². The van der Waals surface area contributed by atoms with E-state index in [-0.39, 0.29) is 10.8 Å². The smallest absolute Gasteiger partial charge is 0.0540 e. The molecule has 0 aromatic heterocycles. The second-order valence-electron chi connectivity index (χ2n) is 15.4. The zero-order chi connectivity index (χ0) is 32.3. The zero-order valence-electron chi connectivity index (χ0n) is 28.9. The molecule has 1 unspecified atom stereocenters. The lowest BCUT2D eigenvalue weighted by Crippen LogP contribution is -2.24. The standard InChI is InChI=1S/C45H45N/c1-26-18-19-40(29(4)20-26)46(41-22-28(3)27(2)21-30(41)5)42-25-39-43(33-16-11-10-15-32(33)42)35-24-37-34(23-38(35)45(39,8)9)31-14-12-13-17-36(31)44(37,6)7/h10-21,23-25,28H,22H2,1-9H3. The van der Waals surface area contributed by atoms with Crippen LogP contribution in [0.15, 0.2) is 108 Å². The van der Waals surface area contributed by atoms with E-state index >= 15 is 0 Å². The van der Waals surface area contributed by atoms with Crippen LogP contribution in [0.4, 0.5) is 11.4 Å². The predicted octanol–water partition coefficient (Wildman–Crippen LogP) is 12.5. The van der Waals surface area contributed by atoms with Crippen molar-refractivity contribution < 1.29 is 0 Å². The Kier molecular flexibility index (Phi) is 6.21. The Bertz CT molecular complexity index is 2180. The summed E-state index contributed by atoms with van der Waals surface area (Å²) in [6.45, 7) is 21.1. The van der Waals surface area contributed by atoms with Gasteiger partial charge in [-0.3, -0.25) is 0 Å². The summed E-state index contributed by atoms with van der Waals surface area (Å²) in [6, 6.07) is 32.8. The molecule has 0 bridgehead atoms. The van der Waals surface area contributed by atoms with Crippen LogP contribution in [0.1, 0.15) is 88.3 Å². The van der Waals surface area contributed by atoms with Crippen molar-refractivity contribution in [2.24, 2.45) is 5.92 Å². The lowest BCUT2D eigenvalue weighted by Gasteiger charge is -2.36. The molecule has 0 saturated carbocycles. The first-order chi connectivity index (χ1) is 21.9. The second kappa shape index (κ2) is 9.82. The Morgan fingerprint density at radius 2 is 1.26 bits per heavy atom. The molecule has 3 aliphatic carbocycles. The van der Waals surface area contributed by atoms with Gasteiger partial charge < -0.3 is 4.90 Å². The summed E-state index contributed by atoms with van der Waals surface area (Å²) < 4.78 is 0. The molecular weight excluding hydrogens is 555 g/mol. The van der Waals surface area contributed by atoms with Crippen LogP contribution in [0.5, 0.6) is 0 Å². The van der Waals surface area contributed by atoms with Gasteiger partial charge in [0.15, 0.2) is 0 Å². The minimum Gasteiger partial charge on any atom is -0.313 e. The highest BCUT2D eigenvalue weighted by molar-refractivity contribution is 6.10. The number of hydrogen-bond acceptors (Lipinski definition) is 1. The van der Waals surface area contributed by atoms with Crippen molar-refractivity contribution in [1.29, 1.82) is 0 Å². The largest absolute Gasteiger partial charge is 0.313 e. The first kappa shape index (κ1) is 29.1. The zero-order valence-corrected chi connectivity index (χ0v) is 28.9. The molecule has 0 N–H and O–H groups in total. The maximum absolute atomic E-state index is 2.62. The molecule has 0 aliphatic heterocycles. The lowest BCUT2D eigenvalue weighted by atomic mass is 9.79. The van der Waals surface area contributed by atoms with Crippen molar-refractivity contribution in [1.82, 2.24) is 0 Å². The van der Waals surface area contributed by atoms with Crippen LogP contribution in [0.3, 0.4) is 0 Å². The summed E-state index contributed by atoms with van der Waals surface area (Å²) in [6.07, 6.45) is 3.44. The normalized spacial score (nSPS) is 18.6. The molecule has 1 heteroatoms. The quantitative estimate of drug-likeness (QED) is 0.199. The van der Waals surface area contributed by atoms with Gasteiger partial charge in [0, 0.05) is 27.6 Å². The van der Waals surface area contributed by atoms with Gasteiger partial charge in [-0.15, -0.1) is 0 Å². The third kappa shape index (κ3) is 3.93. The highest BCUT2D eigenvalue weighted by atomic mass is 15.2. The molecule has 8 rings (SSSR count). The summed E-state index contributed by atoms with van der Waals surface area (Å²) in [4.78, 5) is 2.62. The first-order valence-corrected chi connectivity index (χ1v) is 17.0. The van der Waals surface area contributed by atoms with E-state index in [4.69, 9.17) is 0 Å². The fourth-order valence-corrected chi connectivity index (χ4v) is 8.86. The minimum atomic E-state index is -0.145. The number of fused-ring (bicyclic) bond motifs is 8. The molecule has 230 valence electrons. The lowest BCUT2D eigenvalue weighted by molar-refractivity contribution is 0.645. The average Bonchev–Trinajstić information content (AvgIpc) is 3.39. The molecule has 1 nitrogen and oxygen atoms in total. The number of rotatable bonds is 3. The molecule has 0 heterocycles. The average molecular weight is 600 g/mol. The molecule has 0 radical (unpaired) electrons. The summed E-state index contributed by atoms with van der Waals surface area (Å²) in [7, 11) is 0. The van der Waals surface area contributed by atoms with Gasteiger partial charge >= 0.3 is 0 Å². The van der Waals surface area contributed by atoms with Crippen molar-refractivity contribution in [3.05, 3.63) is 141 Å². The maximum atomic E-state index is 2.62. The van der Waals surface area contributed by atoms with Gasteiger partial charge in [-0.05, 0) is 125 Å². The number of allylic oxidation sites excluding steroid dienone is 4. The van der Waals surface area contributed by atoms with Crippen LogP contribution in [0, 0.1) is 19.8 Å².